The summed E-state index contributed by atoms with van der Waals surface area (Å²) in [4.78, 5) is 4.69. The summed E-state index contributed by atoms with van der Waals surface area (Å²) in [5, 5.41) is 22.1. The summed E-state index contributed by atoms with van der Waals surface area (Å²) in [6, 6.07) is 59.0. The average Bonchev–Trinajstić information content (AvgIpc) is 3.54. The number of hydrogen-bond acceptors (Lipinski definition) is 2. The van der Waals surface area contributed by atoms with E-state index in [1.54, 1.807) is 0 Å². The van der Waals surface area contributed by atoms with Crippen LogP contribution in [-0.2, 0) is 0 Å². The van der Waals surface area contributed by atoms with Gasteiger partial charge in [0.25, 0.3) is 0 Å². The second kappa shape index (κ2) is 10.5. The van der Waals surface area contributed by atoms with Crippen molar-refractivity contribution in [3.8, 4) is 45.3 Å². The van der Waals surface area contributed by atoms with Crippen LogP contribution in [-0.4, -0.2) is 9.55 Å². The number of pyridine rings is 1. The molecule has 0 bridgehead atoms. The summed E-state index contributed by atoms with van der Waals surface area (Å²) in [6.45, 7) is 0. The molecule has 11 rings (SSSR count). The first kappa shape index (κ1) is 27.9. The number of aromatic nitrogens is 2. The Labute approximate surface area is 293 Å². The van der Waals surface area contributed by atoms with Crippen LogP contribution in [0.5, 0.6) is 0 Å². The monoisotopic (exact) mass is 645 g/mol. The molecule has 9 aromatic carbocycles. The van der Waals surface area contributed by atoms with Gasteiger partial charge < -0.3 is 4.57 Å². The first-order chi connectivity index (χ1) is 25.2. The van der Waals surface area contributed by atoms with Crippen LogP contribution in [0, 0.1) is 11.3 Å². The lowest BCUT2D eigenvalue weighted by molar-refractivity contribution is 1.18. The van der Waals surface area contributed by atoms with Gasteiger partial charge >= 0.3 is 0 Å². The van der Waals surface area contributed by atoms with Gasteiger partial charge in [0, 0.05) is 28.2 Å². The third-order valence-corrected chi connectivity index (χ3v) is 10.7. The van der Waals surface area contributed by atoms with Gasteiger partial charge in [-0.05, 0) is 120 Å². The van der Waals surface area contributed by atoms with Crippen molar-refractivity contribution in [3.05, 3.63) is 169 Å². The standard InChI is InChI=1S/C48H27N3/c49-28-29-23-34-12-13-35-26-36(27-44-48(35)47(34)43(24-29)51(44)37-9-2-1-3-10-37)32-7-6-8-33(25-32)38-18-14-30-17-21-41-39(42-11-4-5-22-50-42)19-15-31-16-20-40(38)45(30)46(31)41/h1-27H. The molecule has 3 heteroatoms. The van der Waals surface area contributed by atoms with Gasteiger partial charge in [-0.1, -0.05) is 103 Å². The van der Waals surface area contributed by atoms with E-state index in [4.69, 9.17) is 4.98 Å². The van der Waals surface area contributed by atoms with Gasteiger partial charge in [0.1, 0.15) is 0 Å². The third-order valence-electron chi connectivity index (χ3n) is 10.7. The zero-order valence-electron chi connectivity index (χ0n) is 27.4. The quantitative estimate of drug-likeness (QED) is 0.179. The number of nitrogens with zero attached hydrogens (tertiary/aromatic N) is 3. The van der Waals surface area contributed by atoms with E-state index in [2.05, 4.69) is 144 Å². The van der Waals surface area contributed by atoms with Crippen LogP contribution < -0.4 is 0 Å². The summed E-state index contributed by atoms with van der Waals surface area (Å²) < 4.78 is 2.32. The molecule has 2 heterocycles. The van der Waals surface area contributed by atoms with E-state index < -0.39 is 0 Å². The summed E-state index contributed by atoms with van der Waals surface area (Å²) in [7, 11) is 0. The third kappa shape index (κ3) is 4.02. The summed E-state index contributed by atoms with van der Waals surface area (Å²) in [5.41, 5.74) is 10.8. The molecule has 11 aromatic rings. The number of rotatable bonds is 4. The Morgan fingerprint density at radius 1 is 0.451 bits per heavy atom. The number of para-hydroxylation sites is 1. The van der Waals surface area contributed by atoms with Gasteiger partial charge in [-0.15, -0.1) is 0 Å². The lowest BCUT2D eigenvalue weighted by Crippen LogP contribution is -1.94. The van der Waals surface area contributed by atoms with E-state index >= 15 is 0 Å². The molecular formula is C48H27N3. The fourth-order valence-corrected chi connectivity index (χ4v) is 8.52. The molecule has 0 saturated heterocycles. The molecule has 0 aliphatic carbocycles. The second-order valence-electron chi connectivity index (χ2n) is 13.5. The van der Waals surface area contributed by atoms with Gasteiger partial charge in [0.15, 0.2) is 0 Å². The fourth-order valence-electron chi connectivity index (χ4n) is 8.52. The summed E-state index contributed by atoms with van der Waals surface area (Å²) in [5.74, 6) is 0. The molecule has 0 aliphatic rings. The highest BCUT2D eigenvalue weighted by atomic mass is 15.0. The topological polar surface area (TPSA) is 41.6 Å². The van der Waals surface area contributed by atoms with E-state index in [0.29, 0.717) is 5.56 Å². The van der Waals surface area contributed by atoms with Gasteiger partial charge in [-0.25, -0.2) is 0 Å². The second-order valence-corrected chi connectivity index (χ2v) is 13.5. The van der Waals surface area contributed by atoms with Crippen LogP contribution in [0.2, 0.25) is 0 Å². The van der Waals surface area contributed by atoms with Gasteiger partial charge in [-0.2, -0.15) is 5.26 Å². The van der Waals surface area contributed by atoms with Crippen molar-refractivity contribution in [1.29, 1.82) is 5.26 Å². The molecule has 0 atom stereocenters. The van der Waals surface area contributed by atoms with Crippen molar-refractivity contribution < 1.29 is 0 Å². The molecule has 2 aromatic heterocycles. The van der Waals surface area contributed by atoms with E-state index in [1.165, 1.54) is 59.6 Å². The molecule has 0 N–H and O–H groups in total. The number of benzene rings is 9. The van der Waals surface area contributed by atoms with Crippen LogP contribution in [0.15, 0.2) is 164 Å². The van der Waals surface area contributed by atoms with Crippen LogP contribution in [0.3, 0.4) is 0 Å². The van der Waals surface area contributed by atoms with Crippen molar-refractivity contribution in [1.82, 2.24) is 9.55 Å². The van der Waals surface area contributed by atoms with Crippen LogP contribution in [0.1, 0.15) is 5.56 Å². The zero-order chi connectivity index (χ0) is 33.6. The Kier molecular flexibility index (Phi) is 5.73. The molecule has 0 saturated carbocycles. The predicted molar refractivity (Wildman–Crippen MR) is 212 cm³/mol. The molecule has 0 amide bonds. The lowest BCUT2D eigenvalue weighted by atomic mass is 9.87. The van der Waals surface area contributed by atoms with Crippen molar-refractivity contribution in [3.63, 3.8) is 0 Å². The first-order valence-electron chi connectivity index (χ1n) is 17.3. The van der Waals surface area contributed by atoms with Crippen molar-refractivity contribution in [2.24, 2.45) is 0 Å². The highest BCUT2D eigenvalue weighted by Crippen LogP contribution is 2.44. The molecule has 3 nitrogen and oxygen atoms in total. The average molecular weight is 646 g/mol. The molecule has 51 heavy (non-hydrogen) atoms. The Hall–Kier alpha value is -7.02. The highest BCUT2D eigenvalue weighted by Gasteiger charge is 2.20. The summed E-state index contributed by atoms with van der Waals surface area (Å²) >= 11 is 0. The minimum atomic E-state index is 0.666. The normalized spacial score (nSPS) is 11.9. The van der Waals surface area contributed by atoms with Gasteiger partial charge in [0.2, 0.25) is 0 Å². The highest BCUT2D eigenvalue weighted by molar-refractivity contribution is 6.28. The van der Waals surface area contributed by atoms with E-state index in [9.17, 15) is 5.26 Å². The molecular weight excluding hydrogens is 619 g/mol. The fraction of sp³-hybridized carbons (Fsp3) is 0. The SMILES string of the molecule is N#Cc1cc2ccc3cc(-c4cccc(-c5ccc6ccc7c(-c8ccccn8)ccc8ccc5c6c87)c4)cc4c3c2c(c1)n4-c1ccccc1. The minimum Gasteiger partial charge on any atom is -0.309 e. The molecule has 0 unspecified atom stereocenters. The smallest absolute Gasteiger partial charge is 0.0992 e. The summed E-state index contributed by atoms with van der Waals surface area (Å²) in [6.07, 6.45) is 1.87. The predicted octanol–water partition coefficient (Wildman–Crippen LogP) is 12.5. The molecule has 0 spiro atoms. The molecule has 234 valence electrons. The maximum atomic E-state index is 9.90. The lowest BCUT2D eigenvalue weighted by Gasteiger charge is -2.16. The van der Waals surface area contributed by atoms with Crippen LogP contribution in [0.25, 0.3) is 104 Å². The Bertz CT molecular complexity index is 3180. The largest absolute Gasteiger partial charge is 0.309 e. The molecule has 0 aliphatic heterocycles. The molecule has 0 radical (unpaired) electrons. The minimum absolute atomic E-state index is 0.666. The van der Waals surface area contributed by atoms with Gasteiger partial charge in [-0.3, -0.25) is 4.98 Å². The number of hydrogen-bond donors (Lipinski definition) is 0. The van der Waals surface area contributed by atoms with E-state index in [-0.39, 0.29) is 0 Å². The van der Waals surface area contributed by atoms with Crippen molar-refractivity contribution in [2.75, 3.05) is 0 Å². The van der Waals surface area contributed by atoms with Crippen LogP contribution >= 0.6 is 0 Å². The zero-order valence-corrected chi connectivity index (χ0v) is 27.4. The Balaban J connectivity index is 1.13. The van der Waals surface area contributed by atoms with Crippen molar-refractivity contribution >= 4 is 64.9 Å². The van der Waals surface area contributed by atoms with Crippen molar-refractivity contribution in [2.45, 2.75) is 0 Å². The first-order valence-corrected chi connectivity index (χ1v) is 17.3. The number of nitriles is 1. The maximum absolute atomic E-state index is 9.90. The van der Waals surface area contributed by atoms with Gasteiger partial charge in [0.05, 0.1) is 28.4 Å². The van der Waals surface area contributed by atoms with E-state index in [1.807, 2.05) is 30.5 Å². The Morgan fingerprint density at radius 3 is 1.84 bits per heavy atom. The maximum Gasteiger partial charge on any atom is 0.0992 e. The van der Waals surface area contributed by atoms with Crippen LogP contribution in [0.4, 0.5) is 0 Å². The molecule has 0 fully saturated rings. The Morgan fingerprint density at radius 2 is 1.10 bits per heavy atom. The van der Waals surface area contributed by atoms with E-state index in [0.717, 1.165) is 44.5 Å².